The fourth-order valence-corrected chi connectivity index (χ4v) is 1.18. The molecular formula is C9H9ClF2. The fraction of sp³-hybridized carbons (Fsp3) is 0.333. The number of halogens is 3. The lowest BCUT2D eigenvalue weighted by molar-refractivity contribution is 0.0226. The Morgan fingerprint density at radius 1 is 1.33 bits per heavy atom. The molecule has 0 bridgehead atoms. The minimum atomic E-state index is -2.69. The third-order valence-electron chi connectivity index (χ3n) is 1.46. The van der Waals surface area contributed by atoms with Gasteiger partial charge in [-0.25, -0.2) is 8.78 Å². The van der Waals surface area contributed by atoms with Crippen molar-refractivity contribution in [1.82, 2.24) is 0 Å². The van der Waals surface area contributed by atoms with Crippen molar-refractivity contribution in [2.75, 3.05) is 0 Å². The van der Waals surface area contributed by atoms with E-state index in [0.29, 0.717) is 10.6 Å². The van der Waals surface area contributed by atoms with Gasteiger partial charge in [0, 0.05) is 11.4 Å². The third-order valence-corrected chi connectivity index (χ3v) is 1.83. The normalized spacial score (nSPS) is 11.7. The molecule has 0 amide bonds. The van der Waals surface area contributed by atoms with E-state index in [4.69, 9.17) is 11.6 Å². The molecule has 0 aliphatic heterocycles. The van der Waals surface area contributed by atoms with E-state index in [2.05, 4.69) is 0 Å². The van der Waals surface area contributed by atoms with Gasteiger partial charge >= 0.3 is 0 Å². The maximum absolute atomic E-state index is 12.5. The largest absolute Gasteiger partial charge is 0.249 e. The fourth-order valence-electron chi connectivity index (χ4n) is 0.976. The van der Waals surface area contributed by atoms with Gasteiger partial charge in [0.05, 0.1) is 0 Å². The Morgan fingerprint density at radius 2 is 1.92 bits per heavy atom. The van der Waals surface area contributed by atoms with Gasteiger partial charge in [-0.3, -0.25) is 0 Å². The first kappa shape index (κ1) is 9.46. The second-order valence-electron chi connectivity index (χ2n) is 2.84. The van der Waals surface area contributed by atoms with Crippen molar-refractivity contribution in [3.63, 3.8) is 0 Å². The van der Waals surface area contributed by atoms with Gasteiger partial charge in [0.25, 0.3) is 0 Å². The molecule has 0 atom stereocenters. The van der Waals surface area contributed by atoms with Gasteiger partial charge in [-0.15, -0.1) is 0 Å². The van der Waals surface area contributed by atoms with Crippen LogP contribution in [0.15, 0.2) is 24.3 Å². The maximum Gasteiger partial charge on any atom is 0.249 e. The molecule has 66 valence electrons. The van der Waals surface area contributed by atoms with E-state index in [0.717, 1.165) is 6.92 Å². The minimum Gasteiger partial charge on any atom is -0.207 e. The molecule has 0 nitrogen and oxygen atoms in total. The molecular weight excluding hydrogens is 182 g/mol. The van der Waals surface area contributed by atoms with E-state index in [9.17, 15) is 8.78 Å². The van der Waals surface area contributed by atoms with Crippen LogP contribution in [-0.4, -0.2) is 5.92 Å². The number of rotatable bonds is 2. The highest BCUT2D eigenvalue weighted by atomic mass is 35.5. The van der Waals surface area contributed by atoms with Gasteiger partial charge in [-0.1, -0.05) is 29.8 Å². The van der Waals surface area contributed by atoms with Crippen molar-refractivity contribution >= 4 is 11.6 Å². The maximum atomic E-state index is 12.5. The summed E-state index contributed by atoms with van der Waals surface area (Å²) >= 11 is 5.70. The Morgan fingerprint density at radius 3 is 2.42 bits per heavy atom. The Balaban J connectivity index is 2.83. The molecule has 0 aliphatic rings. The molecule has 1 aromatic carbocycles. The summed E-state index contributed by atoms with van der Waals surface area (Å²) in [6, 6.07) is 6.65. The van der Waals surface area contributed by atoms with Gasteiger partial charge in [-0.2, -0.15) is 0 Å². The molecule has 12 heavy (non-hydrogen) atoms. The SMILES string of the molecule is CC(F)(F)Cc1ccccc1Cl. The van der Waals surface area contributed by atoms with Gasteiger partial charge in [0.15, 0.2) is 0 Å². The van der Waals surface area contributed by atoms with Crippen LogP contribution in [0.3, 0.4) is 0 Å². The molecule has 0 N–H and O–H groups in total. The van der Waals surface area contributed by atoms with E-state index >= 15 is 0 Å². The highest BCUT2D eigenvalue weighted by Crippen LogP contribution is 2.23. The standard InChI is InChI=1S/C9H9ClF2/c1-9(11,12)6-7-4-2-3-5-8(7)10/h2-5H,6H2,1H3. The topological polar surface area (TPSA) is 0 Å². The Kier molecular flexibility index (Phi) is 2.68. The smallest absolute Gasteiger partial charge is 0.207 e. The summed E-state index contributed by atoms with van der Waals surface area (Å²) in [6.45, 7) is 0.885. The van der Waals surface area contributed by atoms with Crippen LogP contribution in [0, 0.1) is 0 Å². The molecule has 0 heterocycles. The van der Waals surface area contributed by atoms with Crippen molar-refractivity contribution in [1.29, 1.82) is 0 Å². The predicted molar refractivity (Wildman–Crippen MR) is 45.8 cm³/mol. The van der Waals surface area contributed by atoms with Crippen molar-refractivity contribution in [3.8, 4) is 0 Å². The van der Waals surface area contributed by atoms with E-state index in [-0.39, 0.29) is 6.42 Å². The molecule has 0 saturated carbocycles. The zero-order valence-corrected chi connectivity index (χ0v) is 7.41. The van der Waals surface area contributed by atoms with Gasteiger partial charge in [0.2, 0.25) is 5.92 Å². The molecule has 0 radical (unpaired) electrons. The summed E-state index contributed by atoms with van der Waals surface area (Å²) < 4.78 is 25.1. The van der Waals surface area contributed by atoms with Crippen LogP contribution in [0.5, 0.6) is 0 Å². The van der Waals surface area contributed by atoms with Crippen molar-refractivity contribution in [2.45, 2.75) is 19.3 Å². The van der Waals surface area contributed by atoms with Gasteiger partial charge in [-0.05, 0) is 18.6 Å². The van der Waals surface area contributed by atoms with Crippen LogP contribution in [0.4, 0.5) is 8.78 Å². The molecule has 1 aromatic rings. The van der Waals surface area contributed by atoms with E-state index < -0.39 is 5.92 Å². The first-order chi connectivity index (χ1) is 5.49. The average Bonchev–Trinajstić information content (AvgIpc) is 1.91. The number of hydrogen-bond donors (Lipinski definition) is 0. The molecule has 0 spiro atoms. The quantitative estimate of drug-likeness (QED) is 0.669. The van der Waals surface area contributed by atoms with Gasteiger partial charge < -0.3 is 0 Å². The number of alkyl halides is 2. The molecule has 1 rings (SSSR count). The predicted octanol–water partition coefficient (Wildman–Crippen LogP) is 3.54. The Labute approximate surface area is 75.2 Å². The van der Waals surface area contributed by atoms with Gasteiger partial charge in [0.1, 0.15) is 0 Å². The van der Waals surface area contributed by atoms with E-state index in [1.54, 1.807) is 24.3 Å². The van der Waals surface area contributed by atoms with Crippen LogP contribution < -0.4 is 0 Å². The van der Waals surface area contributed by atoms with Crippen LogP contribution >= 0.6 is 11.6 Å². The Bertz CT molecular complexity index is 265. The zero-order valence-electron chi connectivity index (χ0n) is 6.65. The summed E-state index contributed by atoms with van der Waals surface area (Å²) in [4.78, 5) is 0. The number of hydrogen-bond acceptors (Lipinski definition) is 0. The van der Waals surface area contributed by atoms with Crippen LogP contribution in [0.25, 0.3) is 0 Å². The summed E-state index contributed by atoms with van der Waals surface area (Å²) in [5.74, 6) is -2.69. The molecule has 0 unspecified atom stereocenters. The summed E-state index contributed by atoms with van der Waals surface area (Å²) in [7, 11) is 0. The number of benzene rings is 1. The van der Waals surface area contributed by atoms with Crippen LogP contribution in [0.2, 0.25) is 5.02 Å². The summed E-state index contributed by atoms with van der Waals surface area (Å²) in [6.07, 6.45) is -0.299. The van der Waals surface area contributed by atoms with Crippen LogP contribution in [-0.2, 0) is 6.42 Å². The summed E-state index contributed by atoms with van der Waals surface area (Å²) in [5.41, 5.74) is 0.492. The first-order valence-corrected chi connectivity index (χ1v) is 3.98. The zero-order chi connectivity index (χ0) is 9.19. The molecule has 0 fully saturated rings. The lowest BCUT2D eigenvalue weighted by Gasteiger charge is -2.10. The monoisotopic (exact) mass is 190 g/mol. The molecule has 3 heteroatoms. The minimum absolute atomic E-state index is 0.299. The molecule has 0 aliphatic carbocycles. The highest BCUT2D eigenvalue weighted by molar-refractivity contribution is 6.31. The first-order valence-electron chi connectivity index (χ1n) is 3.60. The summed E-state index contributed by atoms with van der Waals surface area (Å²) in [5, 5.41) is 0.402. The third kappa shape index (κ3) is 2.78. The van der Waals surface area contributed by atoms with Crippen molar-refractivity contribution in [3.05, 3.63) is 34.9 Å². The van der Waals surface area contributed by atoms with Crippen molar-refractivity contribution < 1.29 is 8.78 Å². The average molecular weight is 191 g/mol. The second kappa shape index (κ2) is 3.40. The lowest BCUT2D eigenvalue weighted by atomic mass is 10.1. The Hall–Kier alpha value is -0.630. The van der Waals surface area contributed by atoms with E-state index in [1.165, 1.54) is 0 Å². The van der Waals surface area contributed by atoms with E-state index in [1.807, 2.05) is 0 Å². The van der Waals surface area contributed by atoms with Crippen molar-refractivity contribution in [2.24, 2.45) is 0 Å². The lowest BCUT2D eigenvalue weighted by Crippen LogP contribution is -2.13. The molecule has 0 saturated heterocycles. The van der Waals surface area contributed by atoms with Crippen LogP contribution in [0.1, 0.15) is 12.5 Å². The molecule has 0 aromatic heterocycles. The second-order valence-corrected chi connectivity index (χ2v) is 3.25. The highest BCUT2D eigenvalue weighted by Gasteiger charge is 2.22.